The number of hydrogen-bond donors (Lipinski definition) is 1. The summed E-state index contributed by atoms with van der Waals surface area (Å²) in [7, 11) is 0. The first kappa shape index (κ1) is 10.2. The van der Waals surface area contributed by atoms with E-state index in [2.05, 4.69) is 11.6 Å². The van der Waals surface area contributed by atoms with Gasteiger partial charge in [-0.25, -0.2) is 0 Å². The van der Waals surface area contributed by atoms with E-state index in [1.165, 1.54) is 5.56 Å². The first-order valence-electron chi connectivity index (χ1n) is 4.17. The average Bonchev–Trinajstić information content (AvgIpc) is 2.08. The van der Waals surface area contributed by atoms with Crippen LogP contribution in [-0.2, 0) is 17.7 Å². The van der Waals surface area contributed by atoms with Gasteiger partial charge in [-0.1, -0.05) is 25.5 Å². The fraction of sp³-hybridized carbons (Fsp3) is 0.333. The van der Waals surface area contributed by atoms with Gasteiger partial charge >= 0.3 is 0 Å². The topological polar surface area (TPSA) is 52.2 Å². The van der Waals surface area contributed by atoms with Crippen molar-refractivity contribution in [3.05, 3.63) is 29.8 Å². The van der Waals surface area contributed by atoms with E-state index in [1.807, 2.05) is 12.1 Å². The molecule has 13 heavy (non-hydrogen) atoms. The number of benzene rings is 1. The fourth-order valence-corrected chi connectivity index (χ4v) is 1.45. The molecule has 0 aliphatic heterocycles. The van der Waals surface area contributed by atoms with Crippen LogP contribution in [0.1, 0.15) is 18.9 Å². The minimum atomic E-state index is -2.23. The summed E-state index contributed by atoms with van der Waals surface area (Å²) >= 11 is -2.23. The Bertz CT molecular complexity index is 284. The molecule has 72 valence electrons. The second kappa shape index (κ2) is 4.99. The normalized spacial score (nSPS) is 12.5. The van der Waals surface area contributed by atoms with Gasteiger partial charge in [-0.3, -0.25) is 4.21 Å². The van der Waals surface area contributed by atoms with Gasteiger partial charge in [-0.2, -0.15) is 0 Å². The van der Waals surface area contributed by atoms with Gasteiger partial charge in [0.15, 0.2) is 0 Å². The van der Waals surface area contributed by atoms with Gasteiger partial charge in [0.05, 0.1) is 0 Å². The molecule has 1 N–H and O–H groups in total. The molecule has 0 bridgehead atoms. The van der Waals surface area contributed by atoms with Crippen molar-refractivity contribution in [2.24, 2.45) is 0 Å². The third-order valence-electron chi connectivity index (χ3n) is 1.69. The second-order valence-electron chi connectivity index (χ2n) is 2.78. The van der Waals surface area contributed by atoms with Crippen LogP contribution in [0.5, 0.6) is 0 Å². The van der Waals surface area contributed by atoms with Crippen LogP contribution in [0.2, 0.25) is 0 Å². The van der Waals surface area contributed by atoms with Crippen molar-refractivity contribution in [1.29, 1.82) is 0 Å². The number of anilines is 1. The predicted molar refractivity (Wildman–Crippen MR) is 53.0 cm³/mol. The standard InChI is InChI=1S/C9H13NO2S/c1-2-3-8-4-6-9(7-5-8)10-13(11)12/h4-7,10H,2-3H2,1H3,(H,11,12)/p-1. The highest BCUT2D eigenvalue weighted by atomic mass is 32.2. The Morgan fingerprint density at radius 3 is 2.46 bits per heavy atom. The molecule has 0 aromatic heterocycles. The van der Waals surface area contributed by atoms with Crippen LogP contribution in [0.3, 0.4) is 0 Å². The molecule has 3 nitrogen and oxygen atoms in total. The highest BCUT2D eigenvalue weighted by Gasteiger charge is 1.92. The van der Waals surface area contributed by atoms with Crippen LogP contribution in [-0.4, -0.2) is 8.76 Å². The first-order chi connectivity index (χ1) is 6.22. The van der Waals surface area contributed by atoms with Gasteiger partial charge in [0.2, 0.25) is 0 Å². The highest BCUT2D eigenvalue weighted by Crippen LogP contribution is 2.10. The van der Waals surface area contributed by atoms with Crippen LogP contribution >= 0.6 is 0 Å². The van der Waals surface area contributed by atoms with Crippen molar-refractivity contribution in [1.82, 2.24) is 0 Å². The molecule has 0 saturated heterocycles. The molecule has 4 heteroatoms. The Kier molecular flexibility index (Phi) is 3.92. The lowest BCUT2D eigenvalue weighted by Gasteiger charge is -2.08. The molecule has 0 aliphatic rings. The number of rotatable bonds is 4. The second-order valence-corrected chi connectivity index (χ2v) is 3.46. The Balaban J connectivity index is 2.64. The minimum Gasteiger partial charge on any atom is -0.755 e. The molecule has 1 unspecified atom stereocenters. The van der Waals surface area contributed by atoms with Crippen molar-refractivity contribution in [3.8, 4) is 0 Å². The summed E-state index contributed by atoms with van der Waals surface area (Å²) in [4.78, 5) is 0. The molecule has 1 atom stereocenters. The summed E-state index contributed by atoms with van der Waals surface area (Å²) in [5, 5.41) is 0. The average molecular weight is 198 g/mol. The predicted octanol–water partition coefficient (Wildman–Crippen LogP) is 1.85. The summed E-state index contributed by atoms with van der Waals surface area (Å²) in [6, 6.07) is 7.39. The van der Waals surface area contributed by atoms with Crippen molar-refractivity contribution < 1.29 is 8.76 Å². The zero-order chi connectivity index (χ0) is 9.68. The Hall–Kier alpha value is -0.870. The van der Waals surface area contributed by atoms with E-state index in [0.29, 0.717) is 5.69 Å². The third kappa shape index (κ3) is 3.57. The van der Waals surface area contributed by atoms with Crippen molar-refractivity contribution >= 4 is 17.0 Å². The van der Waals surface area contributed by atoms with E-state index in [0.717, 1.165) is 12.8 Å². The zero-order valence-corrected chi connectivity index (χ0v) is 8.26. The smallest absolute Gasteiger partial charge is 0.0452 e. The van der Waals surface area contributed by atoms with Gasteiger partial charge in [-0.15, -0.1) is 0 Å². The van der Waals surface area contributed by atoms with Crippen LogP contribution in [0, 0.1) is 0 Å². The molecule has 1 aromatic carbocycles. The van der Waals surface area contributed by atoms with Crippen molar-refractivity contribution in [2.45, 2.75) is 19.8 Å². The van der Waals surface area contributed by atoms with E-state index >= 15 is 0 Å². The van der Waals surface area contributed by atoms with Crippen molar-refractivity contribution in [2.75, 3.05) is 4.72 Å². The zero-order valence-electron chi connectivity index (χ0n) is 7.45. The number of aryl methyl sites for hydroxylation is 1. The van der Waals surface area contributed by atoms with E-state index in [1.54, 1.807) is 12.1 Å². The Labute approximate surface area is 80.6 Å². The molecule has 0 radical (unpaired) electrons. The monoisotopic (exact) mass is 198 g/mol. The molecule has 0 spiro atoms. The maximum Gasteiger partial charge on any atom is 0.0452 e. The molecule has 0 amide bonds. The van der Waals surface area contributed by atoms with E-state index in [-0.39, 0.29) is 0 Å². The summed E-state index contributed by atoms with van der Waals surface area (Å²) in [6.07, 6.45) is 2.13. The number of nitrogens with one attached hydrogen (secondary N) is 1. The highest BCUT2D eigenvalue weighted by molar-refractivity contribution is 7.80. The third-order valence-corrected chi connectivity index (χ3v) is 2.10. The minimum absolute atomic E-state index is 0.605. The van der Waals surface area contributed by atoms with Crippen molar-refractivity contribution in [3.63, 3.8) is 0 Å². The van der Waals surface area contributed by atoms with E-state index in [9.17, 15) is 8.76 Å². The lowest BCUT2D eigenvalue weighted by molar-refractivity contribution is 0.542. The van der Waals surface area contributed by atoms with Crippen LogP contribution in [0.15, 0.2) is 24.3 Å². The van der Waals surface area contributed by atoms with Crippen LogP contribution in [0.25, 0.3) is 0 Å². The molecule has 0 heterocycles. The molecular formula is C9H12NO2S-. The van der Waals surface area contributed by atoms with Gasteiger partial charge in [0, 0.05) is 17.0 Å². The molecule has 1 rings (SSSR count). The number of hydrogen-bond acceptors (Lipinski definition) is 2. The largest absolute Gasteiger partial charge is 0.755 e. The van der Waals surface area contributed by atoms with Gasteiger partial charge in [0.25, 0.3) is 0 Å². The van der Waals surface area contributed by atoms with Crippen LogP contribution in [0.4, 0.5) is 5.69 Å². The molecule has 0 aliphatic carbocycles. The molecule has 0 fully saturated rings. The maximum absolute atomic E-state index is 10.3. The maximum atomic E-state index is 10.3. The summed E-state index contributed by atoms with van der Waals surface area (Å²) in [5.74, 6) is 0. The lowest BCUT2D eigenvalue weighted by atomic mass is 10.1. The van der Waals surface area contributed by atoms with E-state index < -0.39 is 11.3 Å². The van der Waals surface area contributed by atoms with Crippen LogP contribution < -0.4 is 4.72 Å². The SMILES string of the molecule is CCCc1ccc(NS(=O)[O-])cc1. The van der Waals surface area contributed by atoms with Gasteiger partial charge in [-0.05, 0) is 24.1 Å². The van der Waals surface area contributed by atoms with E-state index in [4.69, 9.17) is 0 Å². The summed E-state index contributed by atoms with van der Waals surface area (Å²) in [5.41, 5.74) is 1.83. The summed E-state index contributed by atoms with van der Waals surface area (Å²) in [6.45, 7) is 2.11. The Morgan fingerprint density at radius 1 is 1.38 bits per heavy atom. The molecule has 1 aromatic rings. The van der Waals surface area contributed by atoms with Gasteiger partial charge in [0.1, 0.15) is 0 Å². The van der Waals surface area contributed by atoms with Gasteiger partial charge < -0.3 is 9.27 Å². The molecule has 0 saturated carbocycles. The molecular weight excluding hydrogens is 186 g/mol. The fourth-order valence-electron chi connectivity index (χ4n) is 1.12. The summed E-state index contributed by atoms with van der Waals surface area (Å²) < 4.78 is 22.8. The lowest BCUT2D eigenvalue weighted by Crippen LogP contribution is -2.01. The Morgan fingerprint density at radius 2 is 2.00 bits per heavy atom. The quantitative estimate of drug-likeness (QED) is 0.750. The first-order valence-corrected chi connectivity index (χ1v) is 5.24.